The van der Waals surface area contributed by atoms with Crippen molar-refractivity contribution in [1.82, 2.24) is 9.80 Å². The molecular weight excluding hydrogens is 380 g/mol. The molecule has 0 aliphatic rings. The SMILES string of the molecule is CCN(Cc1ccc(C(=O)N(C)C)cc1)C(=O)c1sc2ccccc2c1Cl. The average molecular weight is 401 g/mol. The van der Waals surface area contributed by atoms with Crippen molar-refractivity contribution in [1.29, 1.82) is 0 Å². The number of fused-ring (bicyclic) bond motifs is 1. The van der Waals surface area contributed by atoms with Gasteiger partial charge in [0, 0.05) is 42.8 Å². The van der Waals surface area contributed by atoms with Gasteiger partial charge in [0.1, 0.15) is 4.88 Å². The number of hydrogen-bond acceptors (Lipinski definition) is 3. The molecule has 27 heavy (non-hydrogen) atoms. The molecule has 1 aromatic heterocycles. The van der Waals surface area contributed by atoms with Gasteiger partial charge in [-0.25, -0.2) is 0 Å². The molecule has 0 spiro atoms. The lowest BCUT2D eigenvalue weighted by Crippen LogP contribution is -2.30. The monoisotopic (exact) mass is 400 g/mol. The lowest BCUT2D eigenvalue weighted by Gasteiger charge is -2.21. The smallest absolute Gasteiger partial charge is 0.265 e. The van der Waals surface area contributed by atoms with Crippen molar-refractivity contribution >= 4 is 44.8 Å². The summed E-state index contributed by atoms with van der Waals surface area (Å²) in [6, 6.07) is 15.1. The quantitative estimate of drug-likeness (QED) is 0.610. The molecule has 3 aromatic rings. The van der Waals surface area contributed by atoms with Crippen LogP contribution in [0.5, 0.6) is 0 Å². The zero-order chi connectivity index (χ0) is 19.6. The predicted octanol–water partition coefficient (Wildman–Crippen LogP) is 4.92. The highest BCUT2D eigenvalue weighted by molar-refractivity contribution is 7.21. The molecule has 3 rings (SSSR count). The van der Waals surface area contributed by atoms with Crippen LogP contribution >= 0.6 is 22.9 Å². The molecule has 0 bridgehead atoms. The Balaban J connectivity index is 1.81. The van der Waals surface area contributed by atoms with Gasteiger partial charge < -0.3 is 9.80 Å². The molecule has 0 aliphatic carbocycles. The van der Waals surface area contributed by atoms with Crippen LogP contribution in [0, 0.1) is 0 Å². The van der Waals surface area contributed by atoms with E-state index in [0.717, 1.165) is 15.6 Å². The largest absolute Gasteiger partial charge is 0.345 e. The fourth-order valence-electron chi connectivity index (χ4n) is 2.85. The molecule has 0 saturated heterocycles. The number of amides is 2. The van der Waals surface area contributed by atoms with Gasteiger partial charge in [-0.15, -0.1) is 11.3 Å². The minimum atomic E-state index is -0.0721. The Kier molecular flexibility index (Phi) is 5.82. The van der Waals surface area contributed by atoms with Gasteiger partial charge in [0.05, 0.1) is 5.02 Å². The van der Waals surface area contributed by atoms with E-state index in [1.807, 2.05) is 43.3 Å². The third-order valence-electron chi connectivity index (χ3n) is 4.38. The third-order valence-corrected chi connectivity index (χ3v) is 6.04. The first-order chi connectivity index (χ1) is 12.9. The second-order valence-corrected chi connectivity index (χ2v) is 7.89. The van der Waals surface area contributed by atoms with E-state index in [9.17, 15) is 9.59 Å². The molecule has 0 N–H and O–H groups in total. The van der Waals surface area contributed by atoms with E-state index in [1.165, 1.54) is 11.3 Å². The van der Waals surface area contributed by atoms with E-state index in [-0.39, 0.29) is 11.8 Å². The Hall–Kier alpha value is -2.37. The molecule has 0 unspecified atom stereocenters. The highest BCUT2D eigenvalue weighted by Crippen LogP contribution is 2.36. The van der Waals surface area contributed by atoms with Crippen LogP contribution in [0.4, 0.5) is 0 Å². The van der Waals surface area contributed by atoms with Crippen LogP contribution in [0.1, 0.15) is 32.5 Å². The predicted molar refractivity (Wildman–Crippen MR) is 112 cm³/mol. The topological polar surface area (TPSA) is 40.6 Å². The standard InChI is InChI=1S/C21H21ClN2O2S/c1-4-24(13-14-9-11-15(12-10-14)20(25)23(2)3)21(26)19-18(22)16-7-5-6-8-17(16)27-19/h5-12H,4,13H2,1-3H3. The second-order valence-electron chi connectivity index (χ2n) is 6.46. The number of hydrogen-bond donors (Lipinski definition) is 0. The molecule has 0 radical (unpaired) electrons. The summed E-state index contributed by atoms with van der Waals surface area (Å²) >= 11 is 7.88. The normalized spacial score (nSPS) is 10.8. The fourth-order valence-corrected chi connectivity index (χ4v) is 4.33. The Morgan fingerprint density at radius 1 is 1.00 bits per heavy atom. The molecule has 0 fully saturated rings. The average Bonchev–Trinajstić information content (AvgIpc) is 3.02. The molecule has 2 aromatic carbocycles. The van der Waals surface area contributed by atoms with E-state index in [1.54, 1.807) is 36.0 Å². The first-order valence-corrected chi connectivity index (χ1v) is 9.88. The summed E-state index contributed by atoms with van der Waals surface area (Å²) in [6.07, 6.45) is 0. The van der Waals surface area contributed by atoms with Crippen LogP contribution < -0.4 is 0 Å². The maximum Gasteiger partial charge on any atom is 0.265 e. The van der Waals surface area contributed by atoms with E-state index >= 15 is 0 Å². The van der Waals surface area contributed by atoms with Gasteiger partial charge in [0.15, 0.2) is 0 Å². The molecule has 140 valence electrons. The highest BCUT2D eigenvalue weighted by Gasteiger charge is 2.22. The highest BCUT2D eigenvalue weighted by atomic mass is 35.5. The zero-order valence-electron chi connectivity index (χ0n) is 15.5. The zero-order valence-corrected chi connectivity index (χ0v) is 17.1. The van der Waals surface area contributed by atoms with Crippen molar-refractivity contribution in [3.63, 3.8) is 0 Å². The molecule has 0 aliphatic heterocycles. The van der Waals surface area contributed by atoms with Crippen molar-refractivity contribution in [2.75, 3.05) is 20.6 Å². The van der Waals surface area contributed by atoms with Crippen LogP contribution in [0.25, 0.3) is 10.1 Å². The van der Waals surface area contributed by atoms with Gasteiger partial charge >= 0.3 is 0 Å². The van der Waals surface area contributed by atoms with Crippen molar-refractivity contribution in [2.45, 2.75) is 13.5 Å². The van der Waals surface area contributed by atoms with E-state index < -0.39 is 0 Å². The van der Waals surface area contributed by atoms with Gasteiger partial charge in [-0.2, -0.15) is 0 Å². The molecule has 1 heterocycles. The summed E-state index contributed by atoms with van der Waals surface area (Å²) in [7, 11) is 3.45. The summed E-state index contributed by atoms with van der Waals surface area (Å²) in [5.41, 5.74) is 1.60. The van der Waals surface area contributed by atoms with Crippen LogP contribution in [0.2, 0.25) is 5.02 Å². The maximum absolute atomic E-state index is 13.0. The third kappa shape index (κ3) is 3.99. The van der Waals surface area contributed by atoms with Gasteiger partial charge in [0.2, 0.25) is 0 Å². The Labute approximate surface area is 168 Å². The minimum absolute atomic E-state index is 0.0398. The number of nitrogens with zero attached hydrogens (tertiary/aromatic N) is 2. The molecule has 6 heteroatoms. The Bertz CT molecular complexity index is 980. The van der Waals surface area contributed by atoms with Crippen LogP contribution in [-0.4, -0.2) is 42.3 Å². The first kappa shape index (κ1) is 19.4. The van der Waals surface area contributed by atoms with Crippen molar-refractivity contribution < 1.29 is 9.59 Å². The molecular formula is C21H21ClN2O2S. The Morgan fingerprint density at radius 2 is 1.67 bits per heavy atom. The van der Waals surface area contributed by atoms with Crippen LogP contribution in [0.15, 0.2) is 48.5 Å². The number of rotatable bonds is 5. The molecule has 0 saturated carbocycles. The Morgan fingerprint density at radius 3 is 2.26 bits per heavy atom. The molecule has 4 nitrogen and oxygen atoms in total. The van der Waals surface area contributed by atoms with Crippen molar-refractivity contribution in [3.8, 4) is 0 Å². The molecule has 0 atom stereocenters. The summed E-state index contributed by atoms with van der Waals surface area (Å²) < 4.78 is 1.01. The fraction of sp³-hybridized carbons (Fsp3) is 0.238. The van der Waals surface area contributed by atoms with Crippen LogP contribution in [0.3, 0.4) is 0 Å². The van der Waals surface area contributed by atoms with E-state index in [2.05, 4.69) is 0 Å². The number of carbonyl (C=O) groups excluding carboxylic acids is 2. The number of benzene rings is 2. The number of halogens is 1. The summed E-state index contributed by atoms with van der Waals surface area (Å²) in [5, 5.41) is 1.43. The summed E-state index contributed by atoms with van der Waals surface area (Å²) in [4.78, 5) is 28.9. The van der Waals surface area contributed by atoms with Crippen molar-refractivity contribution in [2.24, 2.45) is 0 Å². The maximum atomic E-state index is 13.0. The van der Waals surface area contributed by atoms with E-state index in [0.29, 0.717) is 28.6 Å². The lowest BCUT2D eigenvalue weighted by molar-refractivity contribution is 0.0756. The summed E-state index contributed by atoms with van der Waals surface area (Å²) in [5.74, 6) is -0.112. The van der Waals surface area contributed by atoms with Gasteiger partial charge in [-0.05, 0) is 30.7 Å². The van der Waals surface area contributed by atoms with Gasteiger partial charge in [-0.3, -0.25) is 9.59 Å². The van der Waals surface area contributed by atoms with Crippen molar-refractivity contribution in [3.05, 3.63) is 69.6 Å². The van der Waals surface area contributed by atoms with Gasteiger partial charge in [-0.1, -0.05) is 41.9 Å². The van der Waals surface area contributed by atoms with Crippen LogP contribution in [-0.2, 0) is 6.54 Å². The second kappa shape index (κ2) is 8.11. The number of thiophene rings is 1. The number of carbonyl (C=O) groups is 2. The van der Waals surface area contributed by atoms with Gasteiger partial charge in [0.25, 0.3) is 11.8 Å². The van der Waals surface area contributed by atoms with E-state index in [4.69, 9.17) is 11.6 Å². The summed E-state index contributed by atoms with van der Waals surface area (Å²) in [6.45, 7) is 2.99. The lowest BCUT2D eigenvalue weighted by atomic mass is 10.1. The minimum Gasteiger partial charge on any atom is -0.345 e. The first-order valence-electron chi connectivity index (χ1n) is 8.69. The molecule has 2 amide bonds.